The van der Waals surface area contributed by atoms with Crippen LogP contribution in [0.25, 0.3) is 0 Å². The molecule has 0 bridgehead atoms. The quantitative estimate of drug-likeness (QED) is 0.680. The van der Waals surface area contributed by atoms with Crippen molar-refractivity contribution in [3.05, 3.63) is 28.2 Å². The molecule has 2 rings (SSSR count). The first kappa shape index (κ1) is 13.2. The molecule has 0 aliphatic heterocycles. The summed E-state index contributed by atoms with van der Waals surface area (Å²) in [7, 11) is 0. The van der Waals surface area contributed by atoms with Gasteiger partial charge in [-0.3, -0.25) is 0 Å². The number of rotatable bonds is 5. The average Bonchev–Trinajstić information content (AvgIpc) is 3.14. The van der Waals surface area contributed by atoms with Crippen LogP contribution in [0.4, 0.5) is 0 Å². The molecule has 1 aromatic rings. The number of ether oxygens (including phenoxy) is 1. The molecule has 0 amide bonds. The van der Waals surface area contributed by atoms with Crippen LogP contribution >= 0.6 is 27.5 Å². The first-order valence-electron chi connectivity index (χ1n) is 6.19. The zero-order chi connectivity index (χ0) is 12.4. The Bertz CT molecular complexity index is 390. The second kappa shape index (κ2) is 5.62. The number of hydrogen-bond donors (Lipinski definition) is 0. The normalized spacial score (nSPS) is 18.8. The van der Waals surface area contributed by atoms with E-state index < -0.39 is 0 Å². The van der Waals surface area contributed by atoms with Crippen molar-refractivity contribution < 1.29 is 4.74 Å². The maximum absolute atomic E-state index is 6.53. The van der Waals surface area contributed by atoms with Crippen molar-refractivity contribution in [3.63, 3.8) is 0 Å². The van der Waals surface area contributed by atoms with E-state index in [1.54, 1.807) is 0 Å². The molecular weight excluding hydrogens is 300 g/mol. The van der Waals surface area contributed by atoms with Crippen LogP contribution < -0.4 is 4.74 Å². The summed E-state index contributed by atoms with van der Waals surface area (Å²) in [5.41, 5.74) is 1.18. The molecule has 94 valence electrons. The highest BCUT2D eigenvalue weighted by Gasteiger charge is 2.33. The minimum atomic E-state index is 0.106. The molecular formula is C14H18BrClO. The Morgan fingerprint density at radius 1 is 1.47 bits per heavy atom. The smallest absolute Gasteiger partial charge is 0.133 e. The molecule has 17 heavy (non-hydrogen) atoms. The largest absolute Gasteiger partial charge is 0.493 e. The van der Waals surface area contributed by atoms with Crippen molar-refractivity contribution in [1.82, 2.24) is 0 Å². The highest BCUT2D eigenvalue weighted by Crippen LogP contribution is 2.46. The third-order valence-corrected chi connectivity index (χ3v) is 4.67. The second-order valence-corrected chi connectivity index (χ2v) is 6.05. The SMILES string of the molecule is CCOc1ccc(C(Cl)C(C)C2CC2)cc1Br. The predicted molar refractivity (Wildman–Crippen MR) is 75.8 cm³/mol. The van der Waals surface area contributed by atoms with Gasteiger partial charge in [-0.05, 0) is 65.2 Å². The van der Waals surface area contributed by atoms with Crippen LogP contribution in [0.15, 0.2) is 22.7 Å². The summed E-state index contributed by atoms with van der Waals surface area (Å²) in [5, 5.41) is 0.106. The van der Waals surface area contributed by atoms with Gasteiger partial charge in [0.25, 0.3) is 0 Å². The van der Waals surface area contributed by atoms with Crippen LogP contribution in [-0.4, -0.2) is 6.61 Å². The van der Waals surface area contributed by atoms with Crippen molar-refractivity contribution in [2.75, 3.05) is 6.61 Å². The highest BCUT2D eigenvalue weighted by atomic mass is 79.9. The van der Waals surface area contributed by atoms with E-state index in [1.807, 2.05) is 13.0 Å². The molecule has 3 heteroatoms. The molecule has 1 aliphatic carbocycles. The van der Waals surface area contributed by atoms with E-state index in [4.69, 9.17) is 16.3 Å². The topological polar surface area (TPSA) is 9.23 Å². The van der Waals surface area contributed by atoms with E-state index in [0.29, 0.717) is 12.5 Å². The summed E-state index contributed by atoms with van der Waals surface area (Å²) < 4.78 is 6.49. The summed E-state index contributed by atoms with van der Waals surface area (Å²) >= 11 is 10.1. The van der Waals surface area contributed by atoms with Crippen LogP contribution in [0.3, 0.4) is 0 Å². The molecule has 1 aromatic carbocycles. The Morgan fingerprint density at radius 2 is 2.18 bits per heavy atom. The van der Waals surface area contributed by atoms with Gasteiger partial charge in [0.05, 0.1) is 16.5 Å². The molecule has 2 unspecified atom stereocenters. The molecule has 1 saturated carbocycles. The molecule has 0 radical (unpaired) electrons. The van der Waals surface area contributed by atoms with E-state index in [1.165, 1.54) is 18.4 Å². The Kier molecular flexibility index (Phi) is 4.37. The fraction of sp³-hybridized carbons (Fsp3) is 0.571. The van der Waals surface area contributed by atoms with Crippen molar-refractivity contribution in [2.24, 2.45) is 11.8 Å². The first-order chi connectivity index (χ1) is 8.13. The molecule has 0 N–H and O–H groups in total. The number of alkyl halides is 1. The zero-order valence-electron chi connectivity index (χ0n) is 10.2. The van der Waals surface area contributed by atoms with Gasteiger partial charge in [0.2, 0.25) is 0 Å². The van der Waals surface area contributed by atoms with E-state index in [-0.39, 0.29) is 5.38 Å². The minimum Gasteiger partial charge on any atom is -0.493 e. The molecule has 1 fully saturated rings. The second-order valence-electron chi connectivity index (χ2n) is 4.72. The molecule has 1 aliphatic rings. The Morgan fingerprint density at radius 3 is 2.71 bits per heavy atom. The summed E-state index contributed by atoms with van der Waals surface area (Å²) in [6.45, 7) is 4.92. The van der Waals surface area contributed by atoms with Gasteiger partial charge >= 0.3 is 0 Å². The van der Waals surface area contributed by atoms with Gasteiger partial charge in [0.1, 0.15) is 5.75 Å². The number of benzene rings is 1. The summed E-state index contributed by atoms with van der Waals surface area (Å²) in [6.07, 6.45) is 2.67. The maximum atomic E-state index is 6.53. The van der Waals surface area contributed by atoms with E-state index >= 15 is 0 Å². The molecule has 1 nitrogen and oxygen atoms in total. The molecule has 0 aromatic heterocycles. The van der Waals surface area contributed by atoms with Crippen LogP contribution in [0.1, 0.15) is 37.6 Å². The molecule has 2 atom stereocenters. The zero-order valence-corrected chi connectivity index (χ0v) is 12.6. The van der Waals surface area contributed by atoms with Crippen molar-refractivity contribution in [2.45, 2.75) is 32.1 Å². The van der Waals surface area contributed by atoms with E-state index in [9.17, 15) is 0 Å². The van der Waals surface area contributed by atoms with Crippen molar-refractivity contribution in [1.29, 1.82) is 0 Å². The molecule has 0 spiro atoms. The first-order valence-corrected chi connectivity index (χ1v) is 7.42. The fourth-order valence-corrected chi connectivity index (χ4v) is 2.98. The average molecular weight is 318 g/mol. The lowest BCUT2D eigenvalue weighted by molar-refractivity contribution is 0.338. The van der Waals surface area contributed by atoms with Gasteiger partial charge in [-0.2, -0.15) is 0 Å². The fourth-order valence-electron chi connectivity index (χ4n) is 2.13. The Labute approximate surface area is 117 Å². The monoisotopic (exact) mass is 316 g/mol. The standard InChI is InChI=1S/C14H18BrClO/c1-3-17-13-7-6-11(8-12(13)15)14(16)9(2)10-4-5-10/h6-10,14H,3-5H2,1-2H3. The predicted octanol–water partition coefficient (Wildman–Crippen LogP) is 5.17. The van der Waals surface area contributed by atoms with Gasteiger partial charge in [-0.1, -0.05) is 13.0 Å². The van der Waals surface area contributed by atoms with Gasteiger partial charge in [0.15, 0.2) is 0 Å². The lowest BCUT2D eigenvalue weighted by Crippen LogP contribution is -2.06. The van der Waals surface area contributed by atoms with Crippen LogP contribution in [-0.2, 0) is 0 Å². The lowest BCUT2D eigenvalue weighted by Gasteiger charge is -2.18. The van der Waals surface area contributed by atoms with Gasteiger partial charge in [0, 0.05) is 0 Å². The molecule has 0 heterocycles. The Hall–Kier alpha value is -0.210. The number of hydrogen-bond acceptors (Lipinski definition) is 1. The maximum Gasteiger partial charge on any atom is 0.133 e. The van der Waals surface area contributed by atoms with Gasteiger partial charge < -0.3 is 4.74 Å². The van der Waals surface area contributed by atoms with Crippen LogP contribution in [0, 0.1) is 11.8 Å². The highest BCUT2D eigenvalue weighted by molar-refractivity contribution is 9.10. The van der Waals surface area contributed by atoms with Gasteiger partial charge in [-0.15, -0.1) is 11.6 Å². The number of halogens is 2. The molecule has 0 saturated heterocycles. The van der Waals surface area contributed by atoms with E-state index in [2.05, 4.69) is 35.0 Å². The van der Waals surface area contributed by atoms with E-state index in [0.717, 1.165) is 16.1 Å². The summed E-state index contributed by atoms with van der Waals surface area (Å²) in [6, 6.07) is 6.16. The van der Waals surface area contributed by atoms with Crippen LogP contribution in [0.5, 0.6) is 5.75 Å². The van der Waals surface area contributed by atoms with Crippen molar-refractivity contribution in [3.8, 4) is 5.75 Å². The minimum absolute atomic E-state index is 0.106. The summed E-state index contributed by atoms with van der Waals surface area (Å²) in [5.74, 6) is 2.27. The lowest BCUT2D eigenvalue weighted by atomic mass is 9.96. The van der Waals surface area contributed by atoms with Crippen LogP contribution in [0.2, 0.25) is 0 Å². The third-order valence-electron chi connectivity index (χ3n) is 3.40. The van der Waals surface area contributed by atoms with Gasteiger partial charge in [-0.25, -0.2) is 0 Å². The third kappa shape index (κ3) is 3.17. The summed E-state index contributed by atoms with van der Waals surface area (Å²) in [4.78, 5) is 0. The Balaban J connectivity index is 2.12. The van der Waals surface area contributed by atoms with Crippen molar-refractivity contribution >= 4 is 27.5 Å².